The lowest BCUT2D eigenvalue weighted by Crippen LogP contribution is -2.24. The smallest absolute Gasteiger partial charge is 0.240 e. The SMILES string of the molecule is COc1ccc(C2=NN(C(C)=O)C(c3ccc(OC)c(OC)c3OC)C2)c(OC)c1. The van der Waals surface area contributed by atoms with Crippen LogP contribution < -0.4 is 23.7 Å². The molecule has 0 radical (unpaired) electrons. The number of hydrazone groups is 1. The molecule has 0 spiro atoms. The zero-order chi connectivity index (χ0) is 21.8. The lowest BCUT2D eigenvalue weighted by atomic mass is 9.96. The van der Waals surface area contributed by atoms with Crippen LogP contribution in [0.25, 0.3) is 0 Å². The summed E-state index contributed by atoms with van der Waals surface area (Å²) in [5.74, 6) is 2.64. The summed E-state index contributed by atoms with van der Waals surface area (Å²) in [5, 5.41) is 6.07. The Morgan fingerprint density at radius 3 is 2.17 bits per heavy atom. The Labute approximate surface area is 175 Å². The van der Waals surface area contributed by atoms with Crippen LogP contribution in [-0.4, -0.2) is 52.2 Å². The number of hydrogen-bond acceptors (Lipinski definition) is 7. The largest absolute Gasteiger partial charge is 0.497 e. The van der Waals surface area contributed by atoms with Gasteiger partial charge in [-0.2, -0.15) is 5.10 Å². The Bertz CT molecular complexity index is 972. The average molecular weight is 414 g/mol. The Balaban J connectivity index is 2.07. The van der Waals surface area contributed by atoms with E-state index >= 15 is 0 Å². The van der Waals surface area contributed by atoms with Crippen molar-refractivity contribution in [2.75, 3.05) is 35.5 Å². The summed E-state index contributed by atoms with van der Waals surface area (Å²) in [4.78, 5) is 12.4. The van der Waals surface area contributed by atoms with Crippen LogP contribution in [0.15, 0.2) is 35.4 Å². The van der Waals surface area contributed by atoms with Gasteiger partial charge in [0.15, 0.2) is 11.5 Å². The van der Waals surface area contributed by atoms with Crippen LogP contribution in [0.5, 0.6) is 28.7 Å². The number of rotatable bonds is 7. The first kappa shape index (κ1) is 21.3. The van der Waals surface area contributed by atoms with E-state index in [1.54, 1.807) is 47.7 Å². The van der Waals surface area contributed by atoms with Gasteiger partial charge in [-0.15, -0.1) is 0 Å². The molecule has 2 aromatic rings. The fourth-order valence-corrected chi connectivity index (χ4v) is 3.63. The van der Waals surface area contributed by atoms with Gasteiger partial charge in [-0.05, 0) is 24.3 Å². The number of hydrogen-bond donors (Lipinski definition) is 0. The van der Waals surface area contributed by atoms with E-state index in [1.165, 1.54) is 11.9 Å². The van der Waals surface area contributed by atoms with Crippen molar-refractivity contribution in [1.29, 1.82) is 0 Å². The van der Waals surface area contributed by atoms with E-state index in [-0.39, 0.29) is 11.9 Å². The van der Waals surface area contributed by atoms with Crippen molar-refractivity contribution in [2.24, 2.45) is 5.10 Å². The maximum atomic E-state index is 12.4. The fourth-order valence-electron chi connectivity index (χ4n) is 3.63. The maximum absolute atomic E-state index is 12.4. The number of ether oxygens (including phenoxy) is 5. The third-order valence-corrected chi connectivity index (χ3v) is 5.05. The standard InChI is InChI=1S/C22H26N2O6/c1-13(25)24-18(16-9-10-19(27-3)22(30-6)21(16)29-5)12-17(23-24)15-8-7-14(26-2)11-20(15)28-4/h7-11,18H,12H2,1-6H3. The highest BCUT2D eigenvalue weighted by Crippen LogP contribution is 2.46. The zero-order valence-corrected chi connectivity index (χ0v) is 18.0. The van der Waals surface area contributed by atoms with Gasteiger partial charge in [-0.3, -0.25) is 4.79 Å². The van der Waals surface area contributed by atoms with Crippen molar-refractivity contribution >= 4 is 11.6 Å². The van der Waals surface area contributed by atoms with E-state index in [9.17, 15) is 4.79 Å². The minimum absolute atomic E-state index is 0.181. The third-order valence-electron chi connectivity index (χ3n) is 5.05. The molecule has 30 heavy (non-hydrogen) atoms. The molecule has 0 bridgehead atoms. The average Bonchev–Trinajstić information content (AvgIpc) is 3.22. The van der Waals surface area contributed by atoms with Crippen molar-refractivity contribution in [3.8, 4) is 28.7 Å². The van der Waals surface area contributed by atoms with Gasteiger partial charge in [0, 0.05) is 30.5 Å². The second kappa shape index (κ2) is 8.94. The topological polar surface area (TPSA) is 78.8 Å². The van der Waals surface area contributed by atoms with E-state index in [2.05, 4.69) is 5.10 Å². The van der Waals surface area contributed by atoms with E-state index in [0.29, 0.717) is 35.2 Å². The molecule has 0 fully saturated rings. The van der Waals surface area contributed by atoms with Gasteiger partial charge in [0.2, 0.25) is 11.7 Å². The van der Waals surface area contributed by atoms with Crippen molar-refractivity contribution < 1.29 is 28.5 Å². The minimum atomic E-state index is -0.362. The molecule has 3 rings (SSSR count). The molecule has 0 saturated carbocycles. The minimum Gasteiger partial charge on any atom is -0.497 e. The van der Waals surface area contributed by atoms with E-state index in [1.807, 2.05) is 18.2 Å². The number of amides is 1. The van der Waals surface area contributed by atoms with Crippen LogP contribution in [0, 0.1) is 0 Å². The lowest BCUT2D eigenvalue weighted by Gasteiger charge is -2.24. The zero-order valence-electron chi connectivity index (χ0n) is 18.0. The first-order valence-electron chi connectivity index (χ1n) is 9.37. The first-order valence-corrected chi connectivity index (χ1v) is 9.37. The fraction of sp³-hybridized carbons (Fsp3) is 0.364. The summed E-state index contributed by atoms with van der Waals surface area (Å²) in [6, 6.07) is 8.80. The van der Waals surface area contributed by atoms with Crippen LogP contribution in [-0.2, 0) is 4.79 Å². The highest BCUT2D eigenvalue weighted by atomic mass is 16.5. The molecule has 8 nitrogen and oxygen atoms in total. The van der Waals surface area contributed by atoms with Crippen LogP contribution in [0.2, 0.25) is 0 Å². The van der Waals surface area contributed by atoms with Gasteiger partial charge in [0.05, 0.1) is 47.3 Å². The summed E-state index contributed by atoms with van der Waals surface area (Å²) in [6.45, 7) is 1.48. The number of nitrogens with zero attached hydrogens (tertiary/aromatic N) is 2. The molecule has 8 heteroatoms. The monoisotopic (exact) mass is 414 g/mol. The predicted molar refractivity (Wildman–Crippen MR) is 112 cm³/mol. The lowest BCUT2D eigenvalue weighted by molar-refractivity contribution is -0.130. The van der Waals surface area contributed by atoms with Crippen molar-refractivity contribution in [3.05, 3.63) is 41.5 Å². The Morgan fingerprint density at radius 1 is 0.900 bits per heavy atom. The first-order chi connectivity index (χ1) is 14.5. The molecule has 0 aromatic heterocycles. The van der Waals surface area contributed by atoms with Crippen molar-refractivity contribution in [2.45, 2.75) is 19.4 Å². The van der Waals surface area contributed by atoms with Gasteiger partial charge in [0.1, 0.15) is 11.5 Å². The quantitative estimate of drug-likeness (QED) is 0.691. The molecule has 0 saturated heterocycles. The van der Waals surface area contributed by atoms with Crippen molar-refractivity contribution in [3.63, 3.8) is 0 Å². The van der Waals surface area contributed by atoms with Gasteiger partial charge in [0.25, 0.3) is 0 Å². The Morgan fingerprint density at radius 2 is 1.60 bits per heavy atom. The number of carbonyl (C=O) groups excluding carboxylic acids is 1. The molecule has 160 valence electrons. The molecule has 0 aliphatic carbocycles. The number of carbonyl (C=O) groups is 1. The van der Waals surface area contributed by atoms with Crippen LogP contribution in [0.4, 0.5) is 0 Å². The van der Waals surface area contributed by atoms with Crippen LogP contribution in [0.1, 0.15) is 30.5 Å². The van der Waals surface area contributed by atoms with Gasteiger partial charge in [-0.1, -0.05) is 0 Å². The van der Waals surface area contributed by atoms with Gasteiger partial charge < -0.3 is 23.7 Å². The second-order valence-corrected chi connectivity index (χ2v) is 6.62. The molecule has 1 amide bonds. The normalized spacial score (nSPS) is 15.5. The molecule has 1 atom stereocenters. The molecule has 1 unspecified atom stereocenters. The summed E-state index contributed by atoms with van der Waals surface area (Å²) < 4.78 is 27.3. The molecular weight excluding hydrogens is 388 g/mol. The molecule has 1 aliphatic rings. The summed E-state index contributed by atoms with van der Waals surface area (Å²) >= 11 is 0. The van der Waals surface area contributed by atoms with Crippen molar-refractivity contribution in [1.82, 2.24) is 5.01 Å². The van der Waals surface area contributed by atoms with E-state index in [4.69, 9.17) is 23.7 Å². The summed E-state index contributed by atoms with van der Waals surface area (Å²) in [7, 11) is 7.85. The van der Waals surface area contributed by atoms with E-state index < -0.39 is 0 Å². The number of methoxy groups -OCH3 is 5. The molecule has 2 aromatic carbocycles. The molecule has 1 heterocycles. The molecular formula is C22H26N2O6. The van der Waals surface area contributed by atoms with Gasteiger partial charge in [-0.25, -0.2) is 5.01 Å². The third kappa shape index (κ3) is 3.72. The summed E-state index contributed by atoms with van der Waals surface area (Å²) in [6.07, 6.45) is 0.480. The van der Waals surface area contributed by atoms with Crippen LogP contribution in [0.3, 0.4) is 0 Å². The Kier molecular flexibility index (Phi) is 6.34. The molecule has 0 N–H and O–H groups in total. The van der Waals surface area contributed by atoms with Gasteiger partial charge >= 0.3 is 0 Å². The number of benzene rings is 2. The second-order valence-electron chi connectivity index (χ2n) is 6.62. The highest BCUT2D eigenvalue weighted by molar-refractivity contribution is 6.05. The van der Waals surface area contributed by atoms with Crippen LogP contribution >= 0.6 is 0 Å². The summed E-state index contributed by atoms with van der Waals surface area (Å²) in [5.41, 5.74) is 2.30. The predicted octanol–water partition coefficient (Wildman–Crippen LogP) is 3.43. The highest BCUT2D eigenvalue weighted by Gasteiger charge is 2.35. The maximum Gasteiger partial charge on any atom is 0.240 e. The molecule has 1 aliphatic heterocycles. The van der Waals surface area contributed by atoms with E-state index in [0.717, 1.165) is 16.8 Å². The Hall–Kier alpha value is -3.42.